The first-order valence-electron chi connectivity index (χ1n) is 4.16. The molecule has 0 fully saturated rings. The number of aliphatic hydroxyl groups is 2. The van der Waals surface area contributed by atoms with E-state index in [2.05, 4.69) is 0 Å². The number of rotatable bonds is 6. The van der Waals surface area contributed by atoms with Gasteiger partial charge < -0.3 is 30.0 Å². The fraction of sp³-hybridized carbons (Fsp3) is 0.750. The third-order valence-corrected chi connectivity index (χ3v) is 1.08. The molecule has 0 aliphatic heterocycles. The molecule has 0 heterocycles. The number of hydrogen-bond acceptors (Lipinski definition) is 6. The first-order valence-corrected chi connectivity index (χ1v) is 4.16. The largest absolute Gasteiger partial charge is 2.00 e. The topological polar surface area (TPSA) is 121 Å². The summed E-state index contributed by atoms with van der Waals surface area (Å²) in [5.41, 5.74) is 0. The van der Waals surface area contributed by atoms with Gasteiger partial charge in [0, 0.05) is 25.2 Å². The molecule has 0 aliphatic rings. The number of carbonyl (C=O) groups is 2. The van der Waals surface area contributed by atoms with Crippen molar-refractivity contribution >= 4 is 11.9 Å². The van der Waals surface area contributed by atoms with Crippen LogP contribution in [0.25, 0.3) is 0 Å². The summed E-state index contributed by atoms with van der Waals surface area (Å²) < 4.78 is 0. The van der Waals surface area contributed by atoms with Crippen molar-refractivity contribution in [2.45, 2.75) is 25.7 Å². The fourth-order valence-electron chi connectivity index (χ4n) is 0.447. The summed E-state index contributed by atoms with van der Waals surface area (Å²) in [6.07, 6.45) is 0.498. The van der Waals surface area contributed by atoms with Crippen LogP contribution in [0.2, 0.25) is 0 Å². The van der Waals surface area contributed by atoms with Crippen LogP contribution in [0, 0.1) is 0 Å². The van der Waals surface area contributed by atoms with Gasteiger partial charge in [-0.1, -0.05) is 0 Å². The Morgan fingerprint density at radius 1 is 0.867 bits per heavy atom. The van der Waals surface area contributed by atoms with Gasteiger partial charge in [-0.25, -0.2) is 0 Å². The molecule has 0 saturated carbocycles. The molecule has 0 unspecified atom stereocenters. The molecular formula is C8H14HgO6. The fourth-order valence-corrected chi connectivity index (χ4v) is 0.447. The van der Waals surface area contributed by atoms with Crippen molar-refractivity contribution in [2.24, 2.45) is 0 Å². The van der Waals surface area contributed by atoms with E-state index in [1.165, 1.54) is 0 Å². The molecule has 0 atom stereocenters. The van der Waals surface area contributed by atoms with Gasteiger partial charge in [0.25, 0.3) is 0 Å². The Labute approximate surface area is 108 Å². The van der Waals surface area contributed by atoms with Gasteiger partial charge in [-0.15, -0.1) is 0 Å². The van der Waals surface area contributed by atoms with Gasteiger partial charge in [-0.3, -0.25) is 0 Å². The molecule has 0 aromatic carbocycles. The zero-order valence-corrected chi connectivity index (χ0v) is 14.0. The van der Waals surface area contributed by atoms with Crippen LogP contribution in [0.3, 0.4) is 0 Å². The Bertz CT molecular complexity index is 143. The van der Waals surface area contributed by atoms with Crippen molar-refractivity contribution in [1.29, 1.82) is 0 Å². The van der Waals surface area contributed by atoms with E-state index >= 15 is 0 Å². The molecule has 0 aromatic rings. The molecule has 2 N–H and O–H groups in total. The minimum Gasteiger partial charge on any atom is -0.550 e. The van der Waals surface area contributed by atoms with E-state index in [1.54, 1.807) is 0 Å². The molecule has 84 valence electrons. The summed E-state index contributed by atoms with van der Waals surface area (Å²) in [6.45, 7) is -0.151. The number of carbonyl (C=O) groups excluding carboxylic acids is 2. The van der Waals surface area contributed by atoms with E-state index in [0.29, 0.717) is 12.8 Å². The van der Waals surface area contributed by atoms with Gasteiger partial charge in [-0.05, 0) is 25.7 Å². The molecule has 0 amide bonds. The maximum atomic E-state index is 9.54. The first kappa shape index (κ1) is 20.2. The van der Waals surface area contributed by atoms with E-state index in [-0.39, 0.29) is 53.7 Å². The SMILES string of the molecule is O=C([O-])CCCO.O=C([O-])CCCO.[Hg+2]. The van der Waals surface area contributed by atoms with E-state index < -0.39 is 11.9 Å². The quantitative estimate of drug-likeness (QED) is 0.454. The van der Waals surface area contributed by atoms with Gasteiger partial charge in [0.15, 0.2) is 0 Å². The van der Waals surface area contributed by atoms with Crippen LogP contribution >= 0.6 is 0 Å². The third kappa shape index (κ3) is 31.6. The molecule has 0 spiro atoms. The summed E-state index contributed by atoms with van der Waals surface area (Å²) in [4.78, 5) is 19.1. The molecule has 0 radical (unpaired) electrons. The minimum absolute atomic E-state index is 0. The summed E-state index contributed by atoms with van der Waals surface area (Å²) in [7, 11) is 0. The van der Waals surface area contributed by atoms with Gasteiger partial charge in [0.05, 0.1) is 0 Å². The number of carboxylic acid groups (broad SMARTS) is 2. The molecule has 0 aromatic heterocycles. The summed E-state index contributed by atoms with van der Waals surface area (Å²) in [5.74, 6) is -2.21. The first-order chi connectivity index (χ1) is 6.54. The molecule has 0 saturated heterocycles. The minimum atomic E-state index is -1.10. The van der Waals surface area contributed by atoms with E-state index in [0.717, 1.165) is 0 Å². The zero-order valence-electron chi connectivity index (χ0n) is 8.48. The average Bonchev–Trinajstić information content (AvgIpc) is 2.12. The van der Waals surface area contributed by atoms with Gasteiger partial charge >= 0.3 is 27.7 Å². The second-order valence-electron chi connectivity index (χ2n) is 2.40. The molecule has 15 heavy (non-hydrogen) atoms. The molecule has 0 rings (SSSR count). The van der Waals surface area contributed by atoms with Crippen LogP contribution in [-0.4, -0.2) is 35.4 Å². The summed E-state index contributed by atoms with van der Waals surface area (Å²) in [5, 5.41) is 35.1. The Hall–Kier alpha value is -0.205. The van der Waals surface area contributed by atoms with E-state index in [4.69, 9.17) is 10.2 Å². The second-order valence-corrected chi connectivity index (χ2v) is 2.40. The van der Waals surface area contributed by atoms with Crippen LogP contribution < -0.4 is 10.2 Å². The Morgan fingerprint density at radius 2 is 1.13 bits per heavy atom. The standard InChI is InChI=1S/2C4H8O3.Hg/c2*5-3-1-2-4(6)7;/h2*5H,1-3H2,(H,6,7);/q;;+2/p-2. The van der Waals surface area contributed by atoms with Crippen molar-refractivity contribution in [3.8, 4) is 0 Å². The molecular weight excluding hydrogens is 393 g/mol. The normalized spacial score (nSPS) is 8.13. The van der Waals surface area contributed by atoms with Crippen molar-refractivity contribution in [1.82, 2.24) is 0 Å². The van der Waals surface area contributed by atoms with Gasteiger partial charge in [-0.2, -0.15) is 0 Å². The number of carboxylic acids is 2. The van der Waals surface area contributed by atoms with Crippen LogP contribution in [-0.2, 0) is 37.3 Å². The molecule has 0 aliphatic carbocycles. The van der Waals surface area contributed by atoms with Crippen LogP contribution in [0.15, 0.2) is 0 Å². The van der Waals surface area contributed by atoms with Gasteiger partial charge in [0.2, 0.25) is 0 Å². The maximum Gasteiger partial charge on any atom is 2.00 e. The Balaban J connectivity index is -0.000000180. The van der Waals surface area contributed by atoms with E-state index in [1.807, 2.05) is 0 Å². The monoisotopic (exact) mass is 408 g/mol. The smallest absolute Gasteiger partial charge is 0.550 e. The Morgan fingerprint density at radius 3 is 1.20 bits per heavy atom. The van der Waals surface area contributed by atoms with Crippen LogP contribution in [0.4, 0.5) is 0 Å². The summed E-state index contributed by atoms with van der Waals surface area (Å²) >= 11 is 0. The maximum absolute atomic E-state index is 9.54. The van der Waals surface area contributed by atoms with Gasteiger partial charge in [0.1, 0.15) is 0 Å². The van der Waals surface area contributed by atoms with Crippen molar-refractivity contribution in [3.05, 3.63) is 0 Å². The average molecular weight is 407 g/mol. The third-order valence-electron chi connectivity index (χ3n) is 1.08. The number of aliphatic carboxylic acids is 2. The molecule has 7 heteroatoms. The van der Waals surface area contributed by atoms with E-state index in [9.17, 15) is 19.8 Å². The number of hydrogen-bond donors (Lipinski definition) is 2. The predicted octanol–water partition coefficient (Wildman–Crippen LogP) is -2.98. The Kier molecular flexibility index (Phi) is 21.9. The van der Waals surface area contributed by atoms with Crippen LogP contribution in [0.5, 0.6) is 0 Å². The second kappa shape index (κ2) is 16.2. The predicted molar refractivity (Wildman–Crippen MR) is 42.7 cm³/mol. The van der Waals surface area contributed by atoms with Crippen molar-refractivity contribution < 1.29 is 57.7 Å². The zero-order chi connectivity index (χ0) is 11.4. The van der Waals surface area contributed by atoms with Crippen molar-refractivity contribution in [3.63, 3.8) is 0 Å². The number of aliphatic hydroxyl groups excluding tert-OH is 2. The van der Waals surface area contributed by atoms with Crippen LogP contribution in [0.1, 0.15) is 25.7 Å². The molecule has 6 nitrogen and oxygen atoms in total. The molecule has 0 bridgehead atoms. The van der Waals surface area contributed by atoms with Crippen molar-refractivity contribution in [2.75, 3.05) is 13.2 Å². The summed E-state index contributed by atoms with van der Waals surface area (Å²) in [6, 6.07) is 0.